The Morgan fingerprint density at radius 3 is 1.07 bits per heavy atom. The number of hydrogen-bond acceptors (Lipinski definition) is 0. The van der Waals surface area contributed by atoms with Crippen LogP contribution < -0.4 is 0 Å². The lowest BCUT2D eigenvalue weighted by Crippen LogP contribution is -2.23. The predicted molar refractivity (Wildman–Crippen MR) is 120 cm³/mol. The Bertz CT molecular complexity index is 361. The van der Waals surface area contributed by atoms with Crippen molar-refractivity contribution in [3.05, 3.63) is 0 Å². The van der Waals surface area contributed by atoms with Gasteiger partial charge < -0.3 is 0 Å². The summed E-state index contributed by atoms with van der Waals surface area (Å²) in [6.45, 7) is 4.71. The first-order valence-electron chi connectivity index (χ1n) is 13.3. The summed E-state index contributed by atoms with van der Waals surface area (Å²) < 4.78 is 0. The SMILES string of the molecule is CCCC[C@H]1CC[C@H](C[C@H]2CC[C@H](C[C@H]3CC[C@H](CCC)CC3)CC2)CC1. The average molecular weight is 375 g/mol. The second-order valence-corrected chi connectivity index (χ2v) is 11.1. The fourth-order valence-electron chi connectivity index (χ4n) is 7.06. The lowest BCUT2D eigenvalue weighted by molar-refractivity contribution is 0.161. The van der Waals surface area contributed by atoms with Gasteiger partial charge in [0, 0.05) is 0 Å². The van der Waals surface area contributed by atoms with Gasteiger partial charge in [0.1, 0.15) is 0 Å². The van der Waals surface area contributed by atoms with Crippen LogP contribution in [0.5, 0.6) is 0 Å². The van der Waals surface area contributed by atoms with Crippen LogP contribution in [0.4, 0.5) is 0 Å². The van der Waals surface area contributed by atoms with E-state index in [9.17, 15) is 0 Å². The van der Waals surface area contributed by atoms with Crippen molar-refractivity contribution in [2.24, 2.45) is 35.5 Å². The van der Waals surface area contributed by atoms with Gasteiger partial charge in [-0.1, -0.05) is 123 Å². The van der Waals surface area contributed by atoms with E-state index in [1.165, 1.54) is 32.1 Å². The maximum absolute atomic E-state index is 2.36. The lowest BCUT2D eigenvalue weighted by Gasteiger charge is -2.36. The van der Waals surface area contributed by atoms with E-state index in [1.807, 2.05) is 0 Å². The molecule has 0 bridgehead atoms. The van der Waals surface area contributed by atoms with Gasteiger partial charge in [-0.05, 0) is 48.3 Å². The molecule has 27 heavy (non-hydrogen) atoms. The number of hydrogen-bond donors (Lipinski definition) is 0. The van der Waals surface area contributed by atoms with Gasteiger partial charge in [-0.25, -0.2) is 0 Å². The highest BCUT2D eigenvalue weighted by molar-refractivity contribution is 4.81. The van der Waals surface area contributed by atoms with E-state index >= 15 is 0 Å². The van der Waals surface area contributed by atoms with Gasteiger partial charge in [-0.2, -0.15) is 0 Å². The third kappa shape index (κ3) is 7.40. The molecule has 3 fully saturated rings. The molecule has 0 amide bonds. The van der Waals surface area contributed by atoms with Crippen molar-refractivity contribution in [1.82, 2.24) is 0 Å². The Kier molecular flexibility index (Phi) is 9.54. The summed E-state index contributed by atoms with van der Waals surface area (Å²) in [7, 11) is 0. The minimum absolute atomic E-state index is 1.08. The van der Waals surface area contributed by atoms with Gasteiger partial charge >= 0.3 is 0 Å². The second kappa shape index (κ2) is 11.9. The smallest absolute Gasteiger partial charge is 0.0411 e. The topological polar surface area (TPSA) is 0 Å². The quantitative estimate of drug-likeness (QED) is 0.377. The summed E-state index contributed by atoms with van der Waals surface area (Å²) in [5.74, 6) is 6.55. The molecule has 0 atom stereocenters. The standard InChI is InChI=1S/C27H50/c1-3-5-7-23-10-14-25(15-11-23)21-27-18-16-26(17-19-27)20-24-12-8-22(6-4-2)9-13-24/h22-27H,3-21H2,1-2H3/t22-,23-,24-,25-,26-,27-. The van der Waals surface area contributed by atoms with Crippen LogP contribution in [0, 0.1) is 35.5 Å². The zero-order valence-corrected chi connectivity index (χ0v) is 18.9. The number of unbranched alkanes of at least 4 members (excludes halogenated alkanes) is 1. The van der Waals surface area contributed by atoms with Crippen LogP contribution >= 0.6 is 0 Å². The zero-order valence-electron chi connectivity index (χ0n) is 18.9. The Morgan fingerprint density at radius 1 is 0.407 bits per heavy atom. The van der Waals surface area contributed by atoms with Crippen molar-refractivity contribution in [2.45, 2.75) is 136 Å². The molecule has 0 radical (unpaired) electrons. The van der Waals surface area contributed by atoms with E-state index in [-0.39, 0.29) is 0 Å². The fourth-order valence-corrected chi connectivity index (χ4v) is 7.06. The second-order valence-electron chi connectivity index (χ2n) is 11.1. The van der Waals surface area contributed by atoms with E-state index in [4.69, 9.17) is 0 Å². The zero-order chi connectivity index (χ0) is 18.9. The summed E-state index contributed by atoms with van der Waals surface area (Å²) in [6.07, 6.45) is 29.2. The van der Waals surface area contributed by atoms with Crippen LogP contribution in [0.2, 0.25) is 0 Å². The van der Waals surface area contributed by atoms with E-state index < -0.39 is 0 Å². The number of rotatable bonds is 9. The molecule has 158 valence electrons. The van der Waals surface area contributed by atoms with E-state index in [0.29, 0.717) is 0 Å². The van der Waals surface area contributed by atoms with Crippen molar-refractivity contribution >= 4 is 0 Å². The van der Waals surface area contributed by atoms with Gasteiger partial charge in [0.2, 0.25) is 0 Å². The van der Waals surface area contributed by atoms with Gasteiger partial charge in [-0.15, -0.1) is 0 Å². The Hall–Kier alpha value is 0. The lowest BCUT2D eigenvalue weighted by atomic mass is 9.70. The summed E-state index contributed by atoms with van der Waals surface area (Å²) in [5.41, 5.74) is 0. The molecule has 0 aromatic carbocycles. The van der Waals surface area contributed by atoms with Crippen LogP contribution in [0.25, 0.3) is 0 Å². The van der Waals surface area contributed by atoms with Crippen LogP contribution in [0.1, 0.15) is 136 Å². The van der Waals surface area contributed by atoms with Crippen molar-refractivity contribution in [2.75, 3.05) is 0 Å². The maximum atomic E-state index is 2.36. The molecule has 0 saturated heterocycles. The largest absolute Gasteiger partial charge is 0.0654 e. The Balaban J connectivity index is 1.26. The molecule has 0 heteroatoms. The van der Waals surface area contributed by atoms with Crippen molar-refractivity contribution < 1.29 is 0 Å². The van der Waals surface area contributed by atoms with Gasteiger partial charge in [0.15, 0.2) is 0 Å². The normalized spacial score (nSPS) is 38.0. The third-order valence-corrected chi connectivity index (χ3v) is 8.90. The van der Waals surface area contributed by atoms with E-state index in [1.54, 1.807) is 89.9 Å². The molecule has 3 rings (SSSR count). The molecule has 0 heterocycles. The Labute approximate surface area is 171 Å². The fraction of sp³-hybridized carbons (Fsp3) is 1.00. The molecular weight excluding hydrogens is 324 g/mol. The maximum Gasteiger partial charge on any atom is -0.0411 e. The summed E-state index contributed by atoms with van der Waals surface area (Å²) >= 11 is 0. The molecule has 0 N–H and O–H groups in total. The molecule has 0 unspecified atom stereocenters. The molecule has 3 aliphatic carbocycles. The summed E-state index contributed by atoms with van der Waals surface area (Å²) in [5, 5.41) is 0. The van der Waals surface area contributed by atoms with Crippen molar-refractivity contribution in [3.63, 3.8) is 0 Å². The van der Waals surface area contributed by atoms with Gasteiger partial charge in [0.05, 0.1) is 0 Å². The highest BCUT2D eigenvalue weighted by Crippen LogP contribution is 2.42. The van der Waals surface area contributed by atoms with E-state index in [2.05, 4.69) is 13.8 Å². The highest BCUT2D eigenvalue weighted by atomic mass is 14.3. The molecule has 3 aliphatic rings. The minimum Gasteiger partial charge on any atom is -0.0654 e. The minimum atomic E-state index is 1.08. The van der Waals surface area contributed by atoms with Crippen LogP contribution in [0.15, 0.2) is 0 Å². The summed E-state index contributed by atoms with van der Waals surface area (Å²) in [6, 6.07) is 0. The van der Waals surface area contributed by atoms with Crippen LogP contribution in [0.3, 0.4) is 0 Å². The van der Waals surface area contributed by atoms with Crippen molar-refractivity contribution in [3.8, 4) is 0 Å². The first-order chi connectivity index (χ1) is 13.3. The molecular formula is C27H50. The van der Waals surface area contributed by atoms with Gasteiger partial charge in [0.25, 0.3) is 0 Å². The van der Waals surface area contributed by atoms with E-state index in [0.717, 1.165) is 35.5 Å². The molecule has 0 aliphatic heterocycles. The Morgan fingerprint density at radius 2 is 0.741 bits per heavy atom. The molecule has 3 saturated carbocycles. The first kappa shape index (κ1) is 21.7. The van der Waals surface area contributed by atoms with Crippen molar-refractivity contribution in [1.29, 1.82) is 0 Å². The molecule has 0 nitrogen and oxygen atoms in total. The predicted octanol–water partition coefficient (Wildman–Crippen LogP) is 9.18. The molecule has 0 aromatic rings. The molecule has 0 spiro atoms. The van der Waals surface area contributed by atoms with Crippen LogP contribution in [-0.4, -0.2) is 0 Å². The molecule has 0 aromatic heterocycles. The average Bonchev–Trinajstić information content (AvgIpc) is 2.71. The summed E-state index contributed by atoms with van der Waals surface area (Å²) in [4.78, 5) is 0. The van der Waals surface area contributed by atoms with Crippen LogP contribution in [-0.2, 0) is 0 Å². The third-order valence-electron chi connectivity index (χ3n) is 8.90. The first-order valence-corrected chi connectivity index (χ1v) is 13.3. The van der Waals surface area contributed by atoms with Gasteiger partial charge in [-0.3, -0.25) is 0 Å². The highest BCUT2D eigenvalue weighted by Gasteiger charge is 2.29. The monoisotopic (exact) mass is 374 g/mol.